The van der Waals surface area contributed by atoms with Gasteiger partial charge in [0.05, 0.1) is 13.0 Å². The Bertz CT molecular complexity index is 1250. The molecule has 3 amide bonds. The molecule has 0 saturated carbocycles. The highest BCUT2D eigenvalue weighted by atomic mass is 16.6. The summed E-state index contributed by atoms with van der Waals surface area (Å²) in [5, 5.41) is 16.6. The Morgan fingerprint density at radius 3 is 2.19 bits per heavy atom. The highest BCUT2D eigenvalue weighted by Gasteiger charge is 2.44. The summed E-state index contributed by atoms with van der Waals surface area (Å²) in [7, 11) is 0. The molecule has 2 rings (SSSR count). The smallest absolute Gasteiger partial charge is 0.408 e. The molecule has 43 heavy (non-hydrogen) atoms. The van der Waals surface area contributed by atoms with E-state index in [-0.39, 0.29) is 37.3 Å². The number of aromatic hydroxyl groups is 1. The van der Waals surface area contributed by atoms with E-state index in [1.165, 1.54) is 4.90 Å². The minimum Gasteiger partial charge on any atom is -0.507 e. The molecule has 0 heterocycles. The van der Waals surface area contributed by atoms with E-state index < -0.39 is 47.1 Å². The standard InChI is InChI=1S/C33H47N3O7/c1-9-33(7,8)36(30(40)25(21-23-16-12-11-13-17-23)35-31(41)43-32(4,5)6)27(24-18-14-15-22(3)28(24)38)29(39)34-20-19-26(37)42-10-2/h11-18,25,27,38H,9-10,19-21H2,1-8H3,(H,34,39)(H,35,41). The molecule has 0 aliphatic rings. The lowest BCUT2D eigenvalue weighted by atomic mass is 9.90. The Labute approximate surface area is 255 Å². The Kier molecular flexibility index (Phi) is 12.6. The van der Waals surface area contributed by atoms with Gasteiger partial charge in [0.1, 0.15) is 23.4 Å². The van der Waals surface area contributed by atoms with Gasteiger partial charge in [0.15, 0.2) is 0 Å². The molecule has 10 heteroatoms. The minimum absolute atomic E-state index is 0.0288. The van der Waals surface area contributed by atoms with Gasteiger partial charge in [-0.2, -0.15) is 0 Å². The van der Waals surface area contributed by atoms with Crippen LogP contribution in [0.4, 0.5) is 4.79 Å². The zero-order valence-corrected chi connectivity index (χ0v) is 26.7. The number of aryl methyl sites for hydroxylation is 1. The zero-order chi connectivity index (χ0) is 32.4. The number of phenolic OH excluding ortho intramolecular Hbond substituents is 1. The number of ether oxygens (including phenoxy) is 2. The number of amides is 3. The number of nitrogens with zero attached hydrogens (tertiary/aromatic N) is 1. The number of phenols is 1. The quantitative estimate of drug-likeness (QED) is 0.278. The molecule has 0 bridgehead atoms. The number of esters is 1. The van der Waals surface area contributed by atoms with Crippen LogP contribution in [0, 0.1) is 6.92 Å². The second kappa shape index (κ2) is 15.4. The van der Waals surface area contributed by atoms with Crippen molar-refractivity contribution >= 4 is 23.9 Å². The SMILES string of the molecule is CCOC(=O)CCNC(=O)C(c1cccc(C)c1O)N(C(=O)C(Cc1ccccc1)NC(=O)OC(C)(C)C)C(C)(C)CC. The molecule has 0 fully saturated rings. The average molecular weight is 598 g/mol. The van der Waals surface area contributed by atoms with E-state index in [4.69, 9.17) is 9.47 Å². The molecule has 3 N–H and O–H groups in total. The van der Waals surface area contributed by atoms with Gasteiger partial charge in [0.25, 0.3) is 0 Å². The van der Waals surface area contributed by atoms with Crippen molar-refractivity contribution in [3.8, 4) is 5.75 Å². The second-order valence-electron chi connectivity index (χ2n) is 12.0. The second-order valence-corrected chi connectivity index (χ2v) is 12.0. The lowest BCUT2D eigenvalue weighted by Gasteiger charge is -2.44. The molecule has 2 atom stereocenters. The molecule has 10 nitrogen and oxygen atoms in total. The van der Waals surface area contributed by atoms with Gasteiger partial charge in [-0.25, -0.2) is 4.79 Å². The highest BCUT2D eigenvalue weighted by Crippen LogP contribution is 2.37. The lowest BCUT2D eigenvalue weighted by Crippen LogP contribution is -2.60. The van der Waals surface area contributed by atoms with E-state index in [2.05, 4.69) is 10.6 Å². The molecule has 0 aromatic heterocycles. The van der Waals surface area contributed by atoms with Crippen molar-refractivity contribution < 1.29 is 33.8 Å². The first kappa shape index (κ1) is 35.1. The van der Waals surface area contributed by atoms with E-state index >= 15 is 0 Å². The number of benzene rings is 2. The molecule has 2 unspecified atom stereocenters. The van der Waals surface area contributed by atoms with Gasteiger partial charge in [-0.1, -0.05) is 55.5 Å². The third kappa shape index (κ3) is 10.3. The fourth-order valence-corrected chi connectivity index (χ4v) is 4.53. The van der Waals surface area contributed by atoms with Crippen LogP contribution in [0.15, 0.2) is 48.5 Å². The summed E-state index contributed by atoms with van der Waals surface area (Å²) < 4.78 is 10.5. The molecule has 0 radical (unpaired) electrons. The molecule has 236 valence electrons. The monoisotopic (exact) mass is 597 g/mol. The zero-order valence-electron chi connectivity index (χ0n) is 26.7. The summed E-state index contributed by atoms with van der Waals surface area (Å²) in [4.78, 5) is 55.0. The van der Waals surface area contributed by atoms with Gasteiger partial charge in [0.2, 0.25) is 11.8 Å². The lowest BCUT2D eigenvalue weighted by molar-refractivity contribution is -0.149. The Morgan fingerprint density at radius 1 is 0.953 bits per heavy atom. The number of nitrogens with one attached hydrogen (secondary N) is 2. The summed E-state index contributed by atoms with van der Waals surface area (Å²) >= 11 is 0. The minimum atomic E-state index is -1.29. The van der Waals surface area contributed by atoms with Crippen LogP contribution in [0.3, 0.4) is 0 Å². The number of hydrogen-bond donors (Lipinski definition) is 3. The van der Waals surface area contributed by atoms with Crippen LogP contribution in [0.25, 0.3) is 0 Å². The topological polar surface area (TPSA) is 134 Å². The Hall–Kier alpha value is -4.08. The maximum atomic E-state index is 14.7. The van der Waals surface area contributed by atoms with Gasteiger partial charge >= 0.3 is 12.1 Å². The molecular formula is C33H47N3O7. The molecular weight excluding hydrogens is 550 g/mol. The third-order valence-corrected chi connectivity index (χ3v) is 7.03. The number of alkyl carbamates (subject to hydrolysis) is 1. The van der Waals surface area contributed by atoms with E-state index in [1.54, 1.807) is 52.8 Å². The fraction of sp³-hybridized carbons (Fsp3) is 0.515. The maximum absolute atomic E-state index is 14.7. The van der Waals surface area contributed by atoms with Crippen molar-refractivity contribution in [2.24, 2.45) is 0 Å². The number of carbonyl (C=O) groups is 4. The van der Waals surface area contributed by atoms with Crippen molar-refractivity contribution in [1.82, 2.24) is 15.5 Å². The molecule has 0 aliphatic carbocycles. The van der Waals surface area contributed by atoms with Crippen molar-refractivity contribution in [2.75, 3.05) is 13.2 Å². The molecule has 2 aromatic rings. The van der Waals surface area contributed by atoms with Crippen LogP contribution in [-0.2, 0) is 30.3 Å². The van der Waals surface area contributed by atoms with E-state index in [0.29, 0.717) is 12.0 Å². The Balaban J connectivity index is 2.64. The first-order valence-corrected chi connectivity index (χ1v) is 14.7. The van der Waals surface area contributed by atoms with Crippen LogP contribution in [0.1, 0.15) is 84.0 Å². The average Bonchev–Trinajstić information content (AvgIpc) is 2.92. The van der Waals surface area contributed by atoms with Crippen LogP contribution >= 0.6 is 0 Å². The number of rotatable bonds is 13. The summed E-state index contributed by atoms with van der Waals surface area (Å²) in [6.45, 7) is 14.3. The van der Waals surface area contributed by atoms with Gasteiger partial charge in [-0.15, -0.1) is 0 Å². The van der Waals surface area contributed by atoms with Crippen LogP contribution < -0.4 is 10.6 Å². The van der Waals surface area contributed by atoms with Crippen molar-refractivity contribution in [3.63, 3.8) is 0 Å². The van der Waals surface area contributed by atoms with Gasteiger partial charge in [-0.3, -0.25) is 14.4 Å². The summed E-state index contributed by atoms with van der Waals surface area (Å²) in [5.41, 5.74) is -0.182. The van der Waals surface area contributed by atoms with E-state index in [0.717, 1.165) is 5.56 Å². The predicted molar refractivity (Wildman–Crippen MR) is 164 cm³/mol. The van der Waals surface area contributed by atoms with Gasteiger partial charge in [0, 0.05) is 24.1 Å². The summed E-state index contributed by atoms with van der Waals surface area (Å²) in [5.74, 6) is -1.72. The largest absolute Gasteiger partial charge is 0.507 e. The number of hydrogen-bond acceptors (Lipinski definition) is 7. The molecule has 0 aliphatic heterocycles. The van der Waals surface area contributed by atoms with Crippen LogP contribution in [-0.4, -0.2) is 64.2 Å². The Morgan fingerprint density at radius 2 is 1.60 bits per heavy atom. The van der Waals surface area contributed by atoms with E-state index in [9.17, 15) is 24.3 Å². The molecule has 2 aromatic carbocycles. The van der Waals surface area contributed by atoms with Gasteiger partial charge < -0.3 is 30.1 Å². The fourth-order valence-electron chi connectivity index (χ4n) is 4.53. The van der Waals surface area contributed by atoms with Crippen molar-refractivity contribution in [3.05, 3.63) is 65.2 Å². The van der Waals surface area contributed by atoms with Gasteiger partial charge in [-0.05, 0) is 66.0 Å². The predicted octanol–water partition coefficient (Wildman–Crippen LogP) is 4.96. The molecule has 0 saturated heterocycles. The molecule has 0 spiro atoms. The number of carbonyl (C=O) groups excluding carboxylic acids is 4. The van der Waals surface area contributed by atoms with E-state index in [1.807, 2.05) is 51.1 Å². The normalized spacial score (nSPS) is 12.9. The van der Waals surface area contributed by atoms with Crippen molar-refractivity contribution in [2.45, 2.75) is 97.9 Å². The first-order chi connectivity index (χ1) is 20.1. The summed E-state index contributed by atoms with van der Waals surface area (Å²) in [6, 6.07) is 11.8. The third-order valence-electron chi connectivity index (χ3n) is 7.03. The van der Waals surface area contributed by atoms with Crippen molar-refractivity contribution in [1.29, 1.82) is 0 Å². The maximum Gasteiger partial charge on any atom is 0.408 e. The highest BCUT2D eigenvalue weighted by molar-refractivity contribution is 5.93. The van der Waals surface area contributed by atoms with Crippen LogP contribution in [0.2, 0.25) is 0 Å². The first-order valence-electron chi connectivity index (χ1n) is 14.7. The number of para-hydroxylation sites is 1. The van der Waals surface area contributed by atoms with Crippen LogP contribution in [0.5, 0.6) is 5.75 Å². The summed E-state index contributed by atoms with van der Waals surface area (Å²) in [6.07, 6.45) is -0.257.